The van der Waals surface area contributed by atoms with Crippen molar-refractivity contribution in [1.82, 2.24) is 10.2 Å². The summed E-state index contributed by atoms with van der Waals surface area (Å²) in [5.74, 6) is 0.575. The van der Waals surface area contributed by atoms with Crippen molar-refractivity contribution in [3.05, 3.63) is 46.3 Å². The Kier molecular flexibility index (Phi) is 6.91. The van der Waals surface area contributed by atoms with Crippen LogP contribution in [0.3, 0.4) is 0 Å². The summed E-state index contributed by atoms with van der Waals surface area (Å²) >= 11 is 0. The lowest BCUT2D eigenvalue weighted by Crippen LogP contribution is -2.47. The first-order chi connectivity index (χ1) is 11.7. The molecule has 0 atom stereocenters. The maximum atomic E-state index is 11.8. The molecule has 2 rings (SSSR count). The van der Waals surface area contributed by atoms with Gasteiger partial charge in [0.15, 0.2) is 0 Å². The molecule has 0 unspecified atom stereocenters. The van der Waals surface area contributed by atoms with Crippen LogP contribution < -0.4 is 5.32 Å². The summed E-state index contributed by atoms with van der Waals surface area (Å²) in [5.41, 5.74) is 9.18. The fraction of sp³-hybridized carbons (Fsp3) is 0.500. The molecular weight excluding hydrogens is 308 g/mol. The van der Waals surface area contributed by atoms with Gasteiger partial charge in [0.2, 0.25) is 5.96 Å². The zero-order chi connectivity index (χ0) is 17.2. The lowest BCUT2D eigenvalue weighted by Gasteiger charge is -2.33. The Bertz CT molecular complexity index is 592. The van der Waals surface area contributed by atoms with Gasteiger partial charge in [-0.2, -0.15) is 0 Å². The zero-order valence-corrected chi connectivity index (χ0v) is 13.5. The third-order valence-corrected chi connectivity index (χ3v) is 4.06. The van der Waals surface area contributed by atoms with Crippen LogP contribution in [0, 0.1) is 11.3 Å². The molecule has 0 aromatic heterocycles. The second-order valence-corrected chi connectivity index (χ2v) is 5.71. The van der Waals surface area contributed by atoms with Crippen LogP contribution in [0.1, 0.15) is 24.8 Å². The van der Waals surface area contributed by atoms with E-state index < -0.39 is 6.09 Å². The Hall–Kier alpha value is -2.73. The summed E-state index contributed by atoms with van der Waals surface area (Å²) in [6.07, 6.45) is 2.10. The Morgan fingerprint density at radius 2 is 2.08 bits per heavy atom. The van der Waals surface area contributed by atoms with E-state index in [0.29, 0.717) is 25.6 Å². The van der Waals surface area contributed by atoms with Gasteiger partial charge in [0, 0.05) is 24.5 Å². The van der Waals surface area contributed by atoms with Gasteiger partial charge in [0.05, 0.1) is 0 Å². The van der Waals surface area contributed by atoms with E-state index in [1.165, 1.54) is 0 Å². The quantitative estimate of drug-likeness (QED) is 0.284. The normalized spacial score (nSPS) is 14.6. The maximum absolute atomic E-state index is 11.8. The first-order valence-corrected chi connectivity index (χ1v) is 8.01. The molecule has 24 heavy (non-hydrogen) atoms. The van der Waals surface area contributed by atoms with Crippen molar-refractivity contribution in [2.24, 2.45) is 11.0 Å². The summed E-state index contributed by atoms with van der Waals surface area (Å²) in [6.45, 7) is 2.11. The number of nitrogens with zero attached hydrogens (tertiary/aromatic N) is 4. The van der Waals surface area contributed by atoms with Crippen LogP contribution >= 0.6 is 0 Å². The summed E-state index contributed by atoms with van der Waals surface area (Å²) in [6, 6.07) is 9.41. The Labute approximate surface area is 140 Å². The second kappa shape index (κ2) is 9.42. The number of likely N-dealkylation sites (tertiary alicyclic amines) is 1. The highest BCUT2D eigenvalue weighted by Gasteiger charge is 2.21. The van der Waals surface area contributed by atoms with Gasteiger partial charge in [0.1, 0.15) is 6.61 Å². The molecule has 1 aromatic carbocycles. The van der Waals surface area contributed by atoms with Gasteiger partial charge in [-0.1, -0.05) is 35.4 Å². The van der Waals surface area contributed by atoms with E-state index in [9.17, 15) is 4.79 Å². The largest absolute Gasteiger partial charge is 0.444 e. The first kappa shape index (κ1) is 17.6. The van der Waals surface area contributed by atoms with Crippen LogP contribution in [0.15, 0.2) is 35.4 Å². The molecule has 0 aliphatic carbocycles. The summed E-state index contributed by atoms with van der Waals surface area (Å²) < 4.78 is 5.11. The number of alkyl carbamates (subject to hydrolysis) is 1. The number of benzene rings is 1. The van der Waals surface area contributed by atoms with Crippen LogP contribution in [-0.4, -0.2) is 36.6 Å². The molecule has 1 aliphatic heterocycles. The molecule has 1 saturated heterocycles. The van der Waals surface area contributed by atoms with E-state index in [0.717, 1.165) is 24.8 Å². The first-order valence-electron chi connectivity index (χ1n) is 8.01. The van der Waals surface area contributed by atoms with Crippen LogP contribution in [0.5, 0.6) is 0 Å². The Balaban J connectivity index is 1.67. The molecule has 128 valence electrons. The number of nitrogens with one attached hydrogen (secondary N) is 2. The highest BCUT2D eigenvalue weighted by Crippen LogP contribution is 2.20. The van der Waals surface area contributed by atoms with Crippen LogP contribution in [0.25, 0.3) is 10.4 Å². The number of azide groups is 1. The van der Waals surface area contributed by atoms with Crippen molar-refractivity contribution in [2.45, 2.75) is 25.9 Å². The molecular formula is C16H22N6O2. The number of piperidine rings is 1. The van der Waals surface area contributed by atoms with Crippen molar-refractivity contribution >= 4 is 12.1 Å². The average molecular weight is 330 g/mol. The average Bonchev–Trinajstić information content (AvgIpc) is 2.61. The molecule has 0 radical (unpaired) electrons. The summed E-state index contributed by atoms with van der Waals surface area (Å²) in [5, 5.41) is 14.0. The van der Waals surface area contributed by atoms with Gasteiger partial charge in [0.25, 0.3) is 0 Å². The van der Waals surface area contributed by atoms with Gasteiger partial charge >= 0.3 is 6.09 Å². The van der Waals surface area contributed by atoms with Crippen molar-refractivity contribution in [2.75, 3.05) is 19.6 Å². The molecule has 1 aromatic rings. The van der Waals surface area contributed by atoms with E-state index in [2.05, 4.69) is 15.3 Å². The SMILES string of the molecule is [N-]=[N+]=NCCC1CCN(C(=N)NC(=O)OCc2ccccc2)CC1. The van der Waals surface area contributed by atoms with Gasteiger partial charge in [-0.05, 0) is 36.3 Å². The molecule has 0 saturated carbocycles. The van der Waals surface area contributed by atoms with Crippen LogP contribution in [-0.2, 0) is 11.3 Å². The number of rotatable bonds is 5. The minimum Gasteiger partial charge on any atom is -0.444 e. The number of carbonyl (C=O) groups is 1. The fourth-order valence-electron chi connectivity index (χ4n) is 2.67. The smallest absolute Gasteiger partial charge is 0.414 e. The molecule has 1 aliphatic rings. The van der Waals surface area contributed by atoms with Gasteiger partial charge in [-0.15, -0.1) is 0 Å². The van der Waals surface area contributed by atoms with Gasteiger partial charge in [-0.25, -0.2) is 4.79 Å². The monoisotopic (exact) mass is 330 g/mol. The molecule has 1 fully saturated rings. The molecule has 2 N–H and O–H groups in total. The van der Waals surface area contributed by atoms with Crippen LogP contribution in [0.4, 0.5) is 4.79 Å². The highest BCUT2D eigenvalue weighted by molar-refractivity contribution is 5.92. The highest BCUT2D eigenvalue weighted by atomic mass is 16.5. The van der Waals surface area contributed by atoms with E-state index in [1.54, 1.807) is 0 Å². The number of guanidine groups is 1. The van der Waals surface area contributed by atoms with Crippen LogP contribution in [0.2, 0.25) is 0 Å². The molecule has 0 spiro atoms. The topological polar surface area (TPSA) is 114 Å². The molecule has 8 nitrogen and oxygen atoms in total. The number of hydrogen-bond acceptors (Lipinski definition) is 4. The number of ether oxygens (including phenoxy) is 1. The maximum Gasteiger partial charge on any atom is 0.414 e. The lowest BCUT2D eigenvalue weighted by molar-refractivity contribution is 0.143. The van der Waals surface area contributed by atoms with E-state index in [1.807, 2.05) is 35.2 Å². The van der Waals surface area contributed by atoms with E-state index in [4.69, 9.17) is 15.7 Å². The van der Waals surface area contributed by atoms with Crippen molar-refractivity contribution in [3.63, 3.8) is 0 Å². The van der Waals surface area contributed by atoms with Crippen molar-refractivity contribution in [1.29, 1.82) is 5.41 Å². The van der Waals surface area contributed by atoms with E-state index >= 15 is 0 Å². The minimum atomic E-state index is -0.616. The van der Waals surface area contributed by atoms with Gasteiger partial charge < -0.3 is 9.64 Å². The summed E-state index contributed by atoms with van der Waals surface area (Å²) in [7, 11) is 0. The number of carbonyl (C=O) groups excluding carboxylic acids is 1. The predicted octanol–water partition coefficient (Wildman–Crippen LogP) is 3.26. The van der Waals surface area contributed by atoms with Crippen molar-refractivity contribution < 1.29 is 9.53 Å². The van der Waals surface area contributed by atoms with Crippen molar-refractivity contribution in [3.8, 4) is 0 Å². The minimum absolute atomic E-state index is 0.0709. The number of hydrogen-bond donors (Lipinski definition) is 2. The molecule has 0 bridgehead atoms. The summed E-state index contributed by atoms with van der Waals surface area (Å²) in [4.78, 5) is 16.3. The molecule has 1 amide bonds. The molecule has 1 heterocycles. The standard InChI is InChI=1S/C16H22N6O2/c17-15(20-16(23)24-12-14-4-2-1-3-5-14)22-10-7-13(8-11-22)6-9-19-21-18/h1-5,13H,6-12H2,(H2,17,20,23). The van der Waals surface area contributed by atoms with Gasteiger partial charge in [-0.3, -0.25) is 10.7 Å². The Morgan fingerprint density at radius 1 is 1.38 bits per heavy atom. The Morgan fingerprint density at radius 3 is 2.75 bits per heavy atom. The molecule has 8 heteroatoms. The third-order valence-electron chi connectivity index (χ3n) is 4.06. The van der Waals surface area contributed by atoms with E-state index in [-0.39, 0.29) is 12.6 Å². The second-order valence-electron chi connectivity index (χ2n) is 5.71. The predicted molar refractivity (Wildman–Crippen MR) is 90.4 cm³/mol. The number of amides is 1. The zero-order valence-electron chi connectivity index (χ0n) is 13.5. The fourth-order valence-corrected chi connectivity index (χ4v) is 2.67. The third kappa shape index (κ3) is 5.81. The lowest BCUT2D eigenvalue weighted by atomic mass is 9.94.